The molecule has 0 spiro atoms. The number of nitrogens with one attached hydrogen (secondary N) is 1. The molecule has 1 aromatic carbocycles. The topological polar surface area (TPSA) is 66.0 Å². The Bertz CT molecular complexity index is 592. The van der Waals surface area contributed by atoms with E-state index in [4.69, 9.17) is 5.11 Å². The van der Waals surface area contributed by atoms with Crippen LogP contribution in [0.4, 0.5) is 0 Å². The first-order valence-electron chi connectivity index (χ1n) is 6.68. The zero-order chi connectivity index (χ0) is 14.8. The van der Waals surface area contributed by atoms with Crippen LogP contribution in [-0.4, -0.2) is 21.0 Å². The van der Waals surface area contributed by atoms with Crippen molar-refractivity contribution in [2.75, 3.05) is 0 Å². The van der Waals surface area contributed by atoms with E-state index in [9.17, 15) is 4.79 Å². The summed E-state index contributed by atoms with van der Waals surface area (Å²) in [5, 5.41) is 8.72. The van der Waals surface area contributed by atoms with E-state index in [0.717, 1.165) is 11.4 Å². The Labute approximate surface area is 118 Å². The summed E-state index contributed by atoms with van der Waals surface area (Å²) in [7, 11) is 0. The average Bonchev–Trinajstić information content (AvgIpc) is 2.75. The summed E-state index contributed by atoms with van der Waals surface area (Å²) in [6, 6.07) is 8.47. The number of H-pyrrole nitrogens is 1. The van der Waals surface area contributed by atoms with E-state index in [1.165, 1.54) is 5.56 Å². The molecule has 106 valence electrons. The Hall–Kier alpha value is -2.10. The third-order valence-corrected chi connectivity index (χ3v) is 3.21. The second-order valence-corrected chi connectivity index (χ2v) is 6.05. The molecule has 0 unspecified atom stereocenters. The summed E-state index contributed by atoms with van der Waals surface area (Å²) in [6.07, 6.45) is 2.26. The highest BCUT2D eigenvalue weighted by atomic mass is 16.4. The maximum atomic E-state index is 10.6. The van der Waals surface area contributed by atoms with Crippen molar-refractivity contribution in [3.63, 3.8) is 0 Å². The maximum absolute atomic E-state index is 10.6. The van der Waals surface area contributed by atoms with Crippen molar-refractivity contribution < 1.29 is 9.90 Å². The molecule has 0 fully saturated rings. The second-order valence-electron chi connectivity index (χ2n) is 6.05. The number of carbonyl (C=O) groups is 1. The van der Waals surface area contributed by atoms with Gasteiger partial charge in [-0.3, -0.25) is 4.79 Å². The van der Waals surface area contributed by atoms with Gasteiger partial charge in [0, 0.05) is 18.3 Å². The minimum absolute atomic E-state index is 0.0179. The minimum atomic E-state index is -0.852. The van der Waals surface area contributed by atoms with Crippen molar-refractivity contribution >= 4 is 5.97 Å². The SMILES string of the molecule is CC(C)(C)c1ccc(Cc2ncc(CC(=O)O)[nH]2)cc1. The monoisotopic (exact) mass is 272 g/mol. The lowest BCUT2D eigenvalue weighted by molar-refractivity contribution is -0.136. The van der Waals surface area contributed by atoms with Crippen LogP contribution in [0.15, 0.2) is 30.5 Å². The molecule has 2 rings (SSSR count). The lowest BCUT2D eigenvalue weighted by Gasteiger charge is -2.19. The number of nitrogens with zero attached hydrogens (tertiary/aromatic N) is 1. The number of benzene rings is 1. The fraction of sp³-hybridized carbons (Fsp3) is 0.375. The minimum Gasteiger partial charge on any atom is -0.481 e. The van der Waals surface area contributed by atoms with E-state index in [2.05, 4.69) is 55.0 Å². The fourth-order valence-electron chi connectivity index (χ4n) is 2.06. The van der Waals surface area contributed by atoms with Gasteiger partial charge in [-0.1, -0.05) is 45.0 Å². The third-order valence-electron chi connectivity index (χ3n) is 3.21. The molecule has 0 saturated heterocycles. The molecule has 2 N–H and O–H groups in total. The van der Waals surface area contributed by atoms with Crippen molar-refractivity contribution in [3.8, 4) is 0 Å². The summed E-state index contributed by atoms with van der Waals surface area (Å²) >= 11 is 0. The van der Waals surface area contributed by atoms with Gasteiger partial charge in [-0.05, 0) is 16.5 Å². The molecular weight excluding hydrogens is 252 g/mol. The average molecular weight is 272 g/mol. The number of hydrogen-bond donors (Lipinski definition) is 2. The first-order chi connectivity index (χ1) is 9.34. The smallest absolute Gasteiger partial charge is 0.309 e. The molecule has 0 saturated carbocycles. The summed E-state index contributed by atoms with van der Waals surface area (Å²) < 4.78 is 0. The van der Waals surface area contributed by atoms with Gasteiger partial charge in [-0.25, -0.2) is 4.98 Å². The van der Waals surface area contributed by atoms with Crippen LogP contribution in [0.2, 0.25) is 0 Å². The van der Waals surface area contributed by atoms with E-state index in [1.54, 1.807) is 6.20 Å². The van der Waals surface area contributed by atoms with Gasteiger partial charge in [0.25, 0.3) is 0 Å². The summed E-state index contributed by atoms with van der Waals surface area (Å²) in [4.78, 5) is 17.9. The lowest BCUT2D eigenvalue weighted by atomic mass is 9.86. The van der Waals surface area contributed by atoms with Crippen LogP contribution in [0.5, 0.6) is 0 Å². The van der Waals surface area contributed by atoms with Gasteiger partial charge in [-0.2, -0.15) is 0 Å². The normalized spacial score (nSPS) is 11.6. The van der Waals surface area contributed by atoms with E-state index in [0.29, 0.717) is 12.1 Å². The number of aromatic nitrogens is 2. The quantitative estimate of drug-likeness (QED) is 0.899. The van der Waals surface area contributed by atoms with Crippen LogP contribution in [0.1, 0.15) is 43.4 Å². The van der Waals surface area contributed by atoms with Gasteiger partial charge in [0.05, 0.1) is 6.42 Å². The third kappa shape index (κ3) is 3.70. The molecular formula is C16H20N2O2. The largest absolute Gasteiger partial charge is 0.481 e. The van der Waals surface area contributed by atoms with Gasteiger partial charge in [0.15, 0.2) is 0 Å². The lowest BCUT2D eigenvalue weighted by Crippen LogP contribution is -2.10. The first-order valence-corrected chi connectivity index (χ1v) is 6.68. The molecule has 2 aromatic rings. The molecule has 1 aromatic heterocycles. The number of aromatic amines is 1. The molecule has 0 aliphatic rings. The Morgan fingerprint density at radius 2 is 1.90 bits per heavy atom. The highest BCUT2D eigenvalue weighted by molar-refractivity contribution is 5.69. The fourth-order valence-corrected chi connectivity index (χ4v) is 2.06. The Kier molecular flexibility index (Phi) is 3.93. The molecule has 0 aliphatic heterocycles. The van der Waals surface area contributed by atoms with E-state index < -0.39 is 5.97 Å². The Morgan fingerprint density at radius 1 is 1.25 bits per heavy atom. The second kappa shape index (κ2) is 5.49. The molecule has 0 radical (unpaired) electrons. The first kappa shape index (κ1) is 14.3. The Morgan fingerprint density at radius 3 is 2.45 bits per heavy atom. The van der Waals surface area contributed by atoms with E-state index in [-0.39, 0.29) is 11.8 Å². The van der Waals surface area contributed by atoms with Crippen LogP contribution >= 0.6 is 0 Å². The molecule has 0 aliphatic carbocycles. The van der Waals surface area contributed by atoms with Gasteiger partial charge in [0.1, 0.15) is 5.82 Å². The predicted molar refractivity (Wildman–Crippen MR) is 77.9 cm³/mol. The van der Waals surface area contributed by atoms with Crippen LogP contribution in [-0.2, 0) is 23.1 Å². The van der Waals surface area contributed by atoms with Crippen LogP contribution in [0, 0.1) is 0 Å². The van der Waals surface area contributed by atoms with Gasteiger partial charge >= 0.3 is 5.97 Å². The summed E-state index contributed by atoms with van der Waals surface area (Å²) in [5.41, 5.74) is 3.25. The highest BCUT2D eigenvalue weighted by Gasteiger charge is 2.13. The number of carboxylic acids is 1. The zero-order valence-corrected chi connectivity index (χ0v) is 12.1. The number of carboxylic acid groups (broad SMARTS) is 1. The molecule has 1 heterocycles. The maximum Gasteiger partial charge on any atom is 0.309 e. The van der Waals surface area contributed by atoms with Crippen LogP contribution < -0.4 is 0 Å². The molecule has 0 atom stereocenters. The van der Waals surface area contributed by atoms with Crippen molar-refractivity contribution in [2.45, 2.75) is 39.0 Å². The molecule has 20 heavy (non-hydrogen) atoms. The number of aliphatic carboxylic acids is 1. The predicted octanol–water partition coefficient (Wildman–Crippen LogP) is 2.93. The van der Waals surface area contributed by atoms with Gasteiger partial charge in [0.2, 0.25) is 0 Å². The van der Waals surface area contributed by atoms with Gasteiger partial charge < -0.3 is 10.1 Å². The van der Waals surface area contributed by atoms with Crippen molar-refractivity contribution in [1.82, 2.24) is 9.97 Å². The Balaban J connectivity index is 2.06. The standard InChI is InChI=1S/C16H20N2O2/c1-16(2,3)12-6-4-11(5-7-12)8-14-17-10-13(18-14)9-15(19)20/h4-7,10H,8-9H2,1-3H3,(H,17,18)(H,19,20). The van der Waals surface area contributed by atoms with Crippen molar-refractivity contribution in [2.24, 2.45) is 0 Å². The zero-order valence-electron chi connectivity index (χ0n) is 12.1. The molecule has 0 amide bonds. The number of hydrogen-bond acceptors (Lipinski definition) is 2. The summed E-state index contributed by atoms with van der Waals surface area (Å²) in [5.74, 6) is -0.0560. The summed E-state index contributed by atoms with van der Waals surface area (Å²) in [6.45, 7) is 6.56. The van der Waals surface area contributed by atoms with Crippen LogP contribution in [0.25, 0.3) is 0 Å². The van der Waals surface area contributed by atoms with E-state index >= 15 is 0 Å². The molecule has 0 bridgehead atoms. The highest BCUT2D eigenvalue weighted by Crippen LogP contribution is 2.22. The van der Waals surface area contributed by atoms with Crippen molar-refractivity contribution in [1.29, 1.82) is 0 Å². The van der Waals surface area contributed by atoms with Crippen LogP contribution in [0.3, 0.4) is 0 Å². The molecule has 4 nitrogen and oxygen atoms in total. The van der Waals surface area contributed by atoms with Gasteiger partial charge in [-0.15, -0.1) is 0 Å². The molecule has 4 heteroatoms. The van der Waals surface area contributed by atoms with E-state index in [1.807, 2.05) is 0 Å². The van der Waals surface area contributed by atoms with Crippen molar-refractivity contribution in [3.05, 3.63) is 53.1 Å². The number of imidazole rings is 1. The number of rotatable bonds is 4.